The Kier molecular flexibility index (Phi) is 5.78. The predicted molar refractivity (Wildman–Crippen MR) is 70.0 cm³/mol. The van der Waals surface area contributed by atoms with Crippen molar-refractivity contribution in [2.45, 2.75) is 19.6 Å². The van der Waals surface area contributed by atoms with Crippen LogP contribution in [0.5, 0.6) is 0 Å². The van der Waals surface area contributed by atoms with Crippen molar-refractivity contribution in [1.82, 2.24) is 5.32 Å². The minimum Gasteiger partial charge on any atom is -0.445 e. The highest BCUT2D eigenvalue weighted by Gasteiger charge is 2.11. The molecule has 1 unspecified atom stereocenters. The molecule has 6 nitrogen and oxygen atoms in total. The first kappa shape index (κ1) is 15.5. The molecule has 1 aromatic rings. The Morgan fingerprint density at radius 3 is 2.53 bits per heavy atom. The zero-order valence-electron chi connectivity index (χ0n) is 10.8. The number of benzene rings is 1. The fraction of sp³-hybridized carbons (Fsp3) is 0.417. The van der Waals surface area contributed by atoms with Crippen molar-refractivity contribution in [1.29, 1.82) is 0 Å². The molecule has 0 saturated heterocycles. The number of hydrogen-bond acceptors (Lipinski definition) is 5. The molecule has 19 heavy (non-hydrogen) atoms. The van der Waals surface area contributed by atoms with Crippen LogP contribution < -0.4 is 5.32 Å². The largest absolute Gasteiger partial charge is 0.445 e. The van der Waals surface area contributed by atoms with Crippen molar-refractivity contribution in [2.24, 2.45) is 0 Å². The molecular formula is C12H17NO5S. The van der Waals surface area contributed by atoms with Gasteiger partial charge in [-0.15, -0.1) is 0 Å². The molecule has 0 radical (unpaired) electrons. The fourth-order valence-electron chi connectivity index (χ4n) is 1.23. The molecule has 1 aromatic carbocycles. The van der Waals surface area contributed by atoms with Crippen molar-refractivity contribution < 1.29 is 22.1 Å². The maximum atomic E-state index is 11.4. The first-order valence-electron chi connectivity index (χ1n) is 5.68. The van der Waals surface area contributed by atoms with E-state index in [1.165, 1.54) is 0 Å². The van der Waals surface area contributed by atoms with Crippen LogP contribution in [-0.4, -0.2) is 33.4 Å². The number of carbonyl (C=O) groups excluding carboxylic acids is 1. The Labute approximate surface area is 112 Å². The molecule has 0 bridgehead atoms. The lowest BCUT2D eigenvalue weighted by Gasteiger charge is -2.13. The molecule has 1 rings (SSSR count). The third-order valence-corrected chi connectivity index (χ3v) is 2.67. The molecule has 1 atom stereocenters. The summed E-state index contributed by atoms with van der Waals surface area (Å²) in [6.45, 7) is 1.65. The molecule has 1 amide bonds. The highest BCUT2D eigenvalue weighted by Crippen LogP contribution is 2.01. The van der Waals surface area contributed by atoms with E-state index >= 15 is 0 Å². The van der Waals surface area contributed by atoms with E-state index in [1.807, 2.05) is 30.3 Å². The van der Waals surface area contributed by atoms with Gasteiger partial charge in [0, 0.05) is 0 Å². The third-order valence-electron chi connectivity index (χ3n) is 2.11. The summed E-state index contributed by atoms with van der Waals surface area (Å²) >= 11 is 0. The summed E-state index contributed by atoms with van der Waals surface area (Å²) in [6.07, 6.45) is 0.335. The van der Waals surface area contributed by atoms with E-state index in [0.717, 1.165) is 11.8 Å². The van der Waals surface area contributed by atoms with E-state index < -0.39 is 22.3 Å². The Hall–Kier alpha value is -1.60. The lowest BCUT2D eigenvalue weighted by atomic mass is 10.2. The molecule has 106 valence electrons. The van der Waals surface area contributed by atoms with Crippen LogP contribution in [0, 0.1) is 0 Å². The van der Waals surface area contributed by atoms with Gasteiger partial charge in [0.2, 0.25) is 0 Å². The Morgan fingerprint density at radius 1 is 1.32 bits per heavy atom. The number of alkyl carbamates (subject to hydrolysis) is 1. The minimum absolute atomic E-state index is 0.126. The number of ether oxygens (including phenoxy) is 1. The molecule has 7 heteroatoms. The van der Waals surface area contributed by atoms with Crippen molar-refractivity contribution in [3.05, 3.63) is 35.9 Å². The number of nitrogens with one attached hydrogen (secondary N) is 1. The zero-order valence-corrected chi connectivity index (χ0v) is 11.6. The summed E-state index contributed by atoms with van der Waals surface area (Å²) in [6, 6.07) is 8.78. The van der Waals surface area contributed by atoms with Gasteiger partial charge < -0.3 is 10.1 Å². The monoisotopic (exact) mass is 287 g/mol. The van der Waals surface area contributed by atoms with E-state index in [9.17, 15) is 13.2 Å². The van der Waals surface area contributed by atoms with Crippen LogP contribution in [-0.2, 0) is 25.6 Å². The second kappa shape index (κ2) is 7.10. The molecule has 0 heterocycles. The summed E-state index contributed by atoms with van der Waals surface area (Å²) in [5.41, 5.74) is 0.873. The lowest BCUT2D eigenvalue weighted by Crippen LogP contribution is -2.36. The van der Waals surface area contributed by atoms with Crippen LogP contribution in [0.15, 0.2) is 30.3 Å². The van der Waals surface area contributed by atoms with Crippen LogP contribution in [0.3, 0.4) is 0 Å². The Bertz CT molecular complexity index is 500. The Balaban J connectivity index is 2.27. The van der Waals surface area contributed by atoms with Gasteiger partial charge in [0.15, 0.2) is 0 Å². The van der Waals surface area contributed by atoms with Gasteiger partial charge in [-0.1, -0.05) is 30.3 Å². The number of hydrogen-bond donors (Lipinski definition) is 1. The van der Waals surface area contributed by atoms with Crippen LogP contribution in [0.1, 0.15) is 12.5 Å². The number of amides is 1. The fourth-order valence-corrected chi connectivity index (χ4v) is 1.68. The Morgan fingerprint density at radius 2 is 1.95 bits per heavy atom. The molecule has 0 spiro atoms. The van der Waals surface area contributed by atoms with Gasteiger partial charge in [0.25, 0.3) is 10.1 Å². The average molecular weight is 287 g/mol. The highest BCUT2D eigenvalue weighted by molar-refractivity contribution is 7.85. The predicted octanol–water partition coefficient (Wildman–Crippen LogP) is 1.28. The van der Waals surface area contributed by atoms with Gasteiger partial charge in [-0.2, -0.15) is 8.42 Å². The summed E-state index contributed by atoms with van der Waals surface area (Å²) in [5, 5.41) is 2.47. The summed E-state index contributed by atoms with van der Waals surface area (Å²) in [5.74, 6) is 0. The first-order valence-corrected chi connectivity index (χ1v) is 7.50. The molecule has 0 aromatic heterocycles. The normalized spacial score (nSPS) is 12.7. The summed E-state index contributed by atoms with van der Waals surface area (Å²) in [4.78, 5) is 11.4. The second-order valence-electron chi connectivity index (χ2n) is 4.10. The van der Waals surface area contributed by atoms with Gasteiger partial charge in [0.1, 0.15) is 6.61 Å². The second-order valence-corrected chi connectivity index (χ2v) is 5.74. The quantitative estimate of drug-likeness (QED) is 0.797. The highest BCUT2D eigenvalue weighted by atomic mass is 32.2. The molecular weight excluding hydrogens is 270 g/mol. The van der Waals surface area contributed by atoms with E-state index in [4.69, 9.17) is 4.74 Å². The van der Waals surface area contributed by atoms with E-state index in [1.54, 1.807) is 6.92 Å². The molecule has 0 aliphatic carbocycles. The lowest BCUT2D eigenvalue weighted by molar-refractivity contribution is 0.132. The molecule has 0 aliphatic rings. The summed E-state index contributed by atoms with van der Waals surface area (Å²) in [7, 11) is -3.50. The van der Waals surface area contributed by atoms with E-state index in [0.29, 0.717) is 0 Å². The molecule has 0 aliphatic heterocycles. The average Bonchev–Trinajstić information content (AvgIpc) is 2.34. The van der Waals surface area contributed by atoms with Gasteiger partial charge >= 0.3 is 6.09 Å². The van der Waals surface area contributed by atoms with E-state index in [2.05, 4.69) is 9.50 Å². The number of rotatable bonds is 6. The van der Waals surface area contributed by atoms with Crippen molar-refractivity contribution in [2.75, 3.05) is 12.9 Å². The molecule has 0 saturated carbocycles. The smallest absolute Gasteiger partial charge is 0.407 e. The molecule has 1 N–H and O–H groups in total. The topological polar surface area (TPSA) is 81.7 Å². The van der Waals surface area contributed by atoms with Gasteiger partial charge in [0.05, 0.1) is 18.9 Å². The van der Waals surface area contributed by atoms with Gasteiger partial charge in [-0.3, -0.25) is 4.18 Å². The minimum atomic E-state index is -3.50. The summed E-state index contributed by atoms with van der Waals surface area (Å²) < 4.78 is 31.1. The van der Waals surface area contributed by atoms with Crippen molar-refractivity contribution in [3.8, 4) is 0 Å². The van der Waals surface area contributed by atoms with Crippen LogP contribution in [0.2, 0.25) is 0 Å². The van der Waals surface area contributed by atoms with Crippen LogP contribution >= 0.6 is 0 Å². The zero-order chi connectivity index (χ0) is 14.3. The van der Waals surface area contributed by atoms with Crippen LogP contribution in [0.25, 0.3) is 0 Å². The van der Waals surface area contributed by atoms with E-state index in [-0.39, 0.29) is 13.2 Å². The maximum absolute atomic E-state index is 11.4. The van der Waals surface area contributed by atoms with Crippen LogP contribution in [0.4, 0.5) is 4.79 Å². The third kappa shape index (κ3) is 7.43. The van der Waals surface area contributed by atoms with Gasteiger partial charge in [-0.25, -0.2) is 4.79 Å². The number of carbonyl (C=O) groups is 1. The molecule has 0 fully saturated rings. The standard InChI is InChI=1S/C12H17NO5S/c1-10(8-18-19(2,15)16)13-12(14)17-9-11-6-4-3-5-7-11/h3-7,10H,8-9H2,1-2H3,(H,13,14). The first-order chi connectivity index (χ1) is 8.87. The SMILES string of the molecule is CC(COS(C)(=O)=O)NC(=O)OCc1ccccc1. The van der Waals surface area contributed by atoms with Gasteiger partial charge in [-0.05, 0) is 12.5 Å². The maximum Gasteiger partial charge on any atom is 0.407 e. The van der Waals surface area contributed by atoms with Crippen molar-refractivity contribution in [3.63, 3.8) is 0 Å². The van der Waals surface area contributed by atoms with Crippen molar-refractivity contribution >= 4 is 16.2 Å².